The number of rotatable bonds is 10. The maximum absolute atomic E-state index is 12.9. The summed E-state index contributed by atoms with van der Waals surface area (Å²) in [6.07, 6.45) is 0. The fraction of sp³-hybridized carbons (Fsp3) is 0.391. The Morgan fingerprint density at radius 1 is 1.03 bits per heavy atom. The predicted octanol–water partition coefficient (Wildman–Crippen LogP) is 4.06. The third-order valence-electron chi connectivity index (χ3n) is 5.31. The standard InChI is InChI=1S/C23H31N5O3S2/c1-6-27(7-2)33(29,30)21-10-8-9-19(15-21)22-24-28(23(32)31-22)17-26(5)16-18-11-13-20(14-12-18)25(3)4/h8-15H,6-7,16-17H2,1-5H3. The quantitative estimate of drug-likeness (QED) is 0.398. The summed E-state index contributed by atoms with van der Waals surface area (Å²) in [4.78, 5) is 4.58. The molecule has 0 N–H and O–H groups in total. The number of sulfonamides is 1. The lowest BCUT2D eigenvalue weighted by Gasteiger charge is -2.18. The highest BCUT2D eigenvalue weighted by Gasteiger charge is 2.22. The van der Waals surface area contributed by atoms with E-state index in [2.05, 4.69) is 39.2 Å². The van der Waals surface area contributed by atoms with Crippen molar-refractivity contribution >= 4 is 27.9 Å². The van der Waals surface area contributed by atoms with Gasteiger partial charge in [-0.1, -0.05) is 32.0 Å². The second-order valence-corrected chi connectivity index (χ2v) is 10.3. The van der Waals surface area contributed by atoms with E-state index in [1.807, 2.05) is 35.0 Å². The molecule has 10 heteroatoms. The first-order chi connectivity index (χ1) is 15.6. The molecule has 0 spiro atoms. The number of nitrogens with zero attached hydrogens (tertiary/aromatic N) is 5. The van der Waals surface area contributed by atoms with E-state index in [1.165, 1.54) is 9.87 Å². The third kappa shape index (κ3) is 5.89. The Balaban J connectivity index is 1.77. The van der Waals surface area contributed by atoms with Gasteiger partial charge in [-0.3, -0.25) is 4.90 Å². The van der Waals surface area contributed by atoms with Crippen molar-refractivity contribution in [1.29, 1.82) is 0 Å². The van der Waals surface area contributed by atoms with Gasteiger partial charge in [0, 0.05) is 45.0 Å². The van der Waals surface area contributed by atoms with Crippen LogP contribution >= 0.6 is 12.2 Å². The van der Waals surface area contributed by atoms with Crippen LogP contribution in [0.15, 0.2) is 57.8 Å². The zero-order chi connectivity index (χ0) is 24.2. The Hall–Kier alpha value is -2.53. The Labute approximate surface area is 201 Å². The molecule has 3 aromatic rings. The smallest absolute Gasteiger partial charge is 0.288 e. The van der Waals surface area contributed by atoms with Gasteiger partial charge in [-0.15, -0.1) is 5.10 Å². The van der Waals surface area contributed by atoms with Crippen LogP contribution < -0.4 is 4.90 Å². The van der Waals surface area contributed by atoms with Gasteiger partial charge in [0.25, 0.3) is 4.84 Å². The summed E-state index contributed by atoms with van der Waals surface area (Å²) in [5.41, 5.74) is 2.89. The molecule has 0 bridgehead atoms. The molecule has 0 saturated carbocycles. The van der Waals surface area contributed by atoms with Crippen LogP contribution in [0.25, 0.3) is 11.5 Å². The lowest BCUT2D eigenvalue weighted by atomic mass is 10.2. The molecule has 0 aliphatic heterocycles. The van der Waals surface area contributed by atoms with Crippen LogP contribution in [-0.4, -0.2) is 61.6 Å². The third-order valence-corrected chi connectivity index (χ3v) is 7.65. The van der Waals surface area contributed by atoms with Crippen LogP contribution in [0.1, 0.15) is 19.4 Å². The number of aromatic nitrogens is 2. The first-order valence-corrected chi connectivity index (χ1v) is 12.6. The van der Waals surface area contributed by atoms with Gasteiger partial charge >= 0.3 is 0 Å². The van der Waals surface area contributed by atoms with Crippen LogP contribution in [0.5, 0.6) is 0 Å². The van der Waals surface area contributed by atoms with Crippen molar-refractivity contribution in [3.05, 3.63) is 58.9 Å². The highest BCUT2D eigenvalue weighted by molar-refractivity contribution is 7.89. The van der Waals surface area contributed by atoms with Crippen molar-refractivity contribution in [2.75, 3.05) is 39.1 Å². The van der Waals surface area contributed by atoms with Crippen molar-refractivity contribution in [3.8, 4) is 11.5 Å². The van der Waals surface area contributed by atoms with Crippen LogP contribution in [0.3, 0.4) is 0 Å². The van der Waals surface area contributed by atoms with Crippen molar-refractivity contribution < 1.29 is 12.8 Å². The van der Waals surface area contributed by atoms with E-state index in [1.54, 1.807) is 28.9 Å². The minimum Gasteiger partial charge on any atom is -0.409 e. The molecule has 0 saturated heterocycles. The van der Waals surface area contributed by atoms with Gasteiger partial charge in [-0.2, -0.15) is 4.31 Å². The fourth-order valence-electron chi connectivity index (χ4n) is 3.50. The molecule has 2 aromatic carbocycles. The maximum Gasteiger partial charge on any atom is 0.288 e. The molecule has 0 aliphatic rings. The van der Waals surface area contributed by atoms with Gasteiger partial charge in [0.2, 0.25) is 15.9 Å². The van der Waals surface area contributed by atoms with Crippen LogP contribution in [0, 0.1) is 4.84 Å². The second kappa shape index (κ2) is 10.6. The second-order valence-electron chi connectivity index (χ2n) is 8.01. The molecule has 1 heterocycles. The molecule has 0 amide bonds. The van der Waals surface area contributed by atoms with E-state index >= 15 is 0 Å². The molecule has 178 valence electrons. The SMILES string of the molecule is CCN(CC)S(=O)(=O)c1cccc(-c2nn(CN(C)Cc3ccc(N(C)C)cc3)c(=S)o2)c1. The number of benzene rings is 2. The molecule has 1 aromatic heterocycles. The minimum atomic E-state index is -3.58. The molecule has 33 heavy (non-hydrogen) atoms. The molecule has 3 rings (SSSR count). The van der Waals surface area contributed by atoms with E-state index < -0.39 is 10.0 Å². The number of hydrogen-bond donors (Lipinski definition) is 0. The van der Waals surface area contributed by atoms with Gasteiger partial charge in [0.1, 0.15) is 0 Å². The molecular formula is C23H31N5O3S2. The Bertz CT molecular complexity index is 1230. The molecule has 8 nitrogen and oxygen atoms in total. The van der Waals surface area contributed by atoms with Gasteiger partial charge in [-0.05, 0) is 55.2 Å². The normalized spacial score (nSPS) is 12.0. The fourth-order valence-corrected chi connectivity index (χ4v) is 5.19. The Morgan fingerprint density at radius 3 is 2.30 bits per heavy atom. The van der Waals surface area contributed by atoms with E-state index in [9.17, 15) is 8.42 Å². The average Bonchev–Trinajstić information content (AvgIpc) is 3.15. The summed E-state index contributed by atoms with van der Waals surface area (Å²) in [5, 5.41) is 4.50. The summed E-state index contributed by atoms with van der Waals surface area (Å²) in [6.45, 7) is 5.60. The van der Waals surface area contributed by atoms with Gasteiger partial charge in [0.15, 0.2) is 0 Å². The lowest BCUT2D eigenvalue weighted by molar-refractivity contribution is 0.241. The van der Waals surface area contributed by atoms with Crippen molar-refractivity contribution in [1.82, 2.24) is 19.0 Å². The van der Waals surface area contributed by atoms with Gasteiger partial charge in [0.05, 0.1) is 11.6 Å². The number of hydrogen-bond acceptors (Lipinski definition) is 7. The monoisotopic (exact) mass is 489 g/mol. The number of anilines is 1. The van der Waals surface area contributed by atoms with Crippen molar-refractivity contribution in [2.24, 2.45) is 0 Å². The summed E-state index contributed by atoms with van der Waals surface area (Å²) in [6, 6.07) is 15.0. The summed E-state index contributed by atoms with van der Waals surface area (Å²) in [5.74, 6) is 0.292. The maximum atomic E-state index is 12.9. The van der Waals surface area contributed by atoms with Crippen LogP contribution in [0.4, 0.5) is 5.69 Å². The lowest BCUT2D eigenvalue weighted by Crippen LogP contribution is -2.30. The highest BCUT2D eigenvalue weighted by Crippen LogP contribution is 2.24. The first-order valence-electron chi connectivity index (χ1n) is 10.8. The zero-order valence-corrected chi connectivity index (χ0v) is 21.4. The topological polar surface area (TPSA) is 74.8 Å². The predicted molar refractivity (Wildman–Crippen MR) is 133 cm³/mol. The van der Waals surface area contributed by atoms with Crippen LogP contribution in [-0.2, 0) is 23.2 Å². The summed E-state index contributed by atoms with van der Waals surface area (Å²) in [7, 11) is 2.43. The zero-order valence-electron chi connectivity index (χ0n) is 19.7. The Morgan fingerprint density at radius 2 is 1.70 bits per heavy atom. The molecule has 0 fully saturated rings. The first kappa shape index (κ1) is 25.1. The molecule has 0 radical (unpaired) electrons. The van der Waals surface area contributed by atoms with E-state index in [4.69, 9.17) is 16.6 Å². The summed E-state index contributed by atoms with van der Waals surface area (Å²) < 4.78 is 34.5. The van der Waals surface area contributed by atoms with Crippen molar-refractivity contribution in [3.63, 3.8) is 0 Å². The minimum absolute atomic E-state index is 0.206. The van der Waals surface area contributed by atoms with Gasteiger partial charge < -0.3 is 9.32 Å². The van der Waals surface area contributed by atoms with E-state index in [-0.39, 0.29) is 9.73 Å². The molecule has 0 atom stereocenters. The average molecular weight is 490 g/mol. The van der Waals surface area contributed by atoms with Gasteiger partial charge in [-0.25, -0.2) is 13.1 Å². The van der Waals surface area contributed by atoms with Crippen LogP contribution in [0.2, 0.25) is 0 Å². The van der Waals surface area contributed by atoms with E-state index in [0.29, 0.717) is 31.2 Å². The van der Waals surface area contributed by atoms with Crippen molar-refractivity contribution in [2.45, 2.75) is 32.0 Å². The molecular weight excluding hydrogens is 458 g/mol. The summed E-state index contributed by atoms with van der Waals surface area (Å²) >= 11 is 5.36. The molecule has 0 aliphatic carbocycles. The largest absolute Gasteiger partial charge is 0.409 e. The van der Waals surface area contributed by atoms with E-state index in [0.717, 1.165) is 12.2 Å². The highest BCUT2D eigenvalue weighted by atomic mass is 32.2. The Kier molecular flexibility index (Phi) is 8.06. The molecule has 0 unspecified atom stereocenters.